The van der Waals surface area contributed by atoms with E-state index in [1.165, 1.54) is 27.5 Å². The standard InChI is InChI=1S/C19H15Cl/c1-14-13-18(20)12-11-15(14)9-10-17-7-4-6-16-5-2-3-8-19(16)17/h2-8,10,12-13H,11H2,1H3. The highest BCUT2D eigenvalue weighted by molar-refractivity contribution is 6.31. The van der Waals surface area contributed by atoms with Crippen molar-refractivity contribution in [2.45, 2.75) is 13.3 Å². The Morgan fingerprint density at radius 3 is 2.75 bits per heavy atom. The number of halogens is 1. The van der Waals surface area contributed by atoms with Crippen LogP contribution in [-0.2, 0) is 0 Å². The van der Waals surface area contributed by atoms with Gasteiger partial charge in [0.15, 0.2) is 0 Å². The minimum absolute atomic E-state index is 0.818. The average Bonchev–Trinajstić information content (AvgIpc) is 2.46. The van der Waals surface area contributed by atoms with Crippen molar-refractivity contribution in [2.75, 3.05) is 0 Å². The van der Waals surface area contributed by atoms with Crippen LogP contribution in [0.1, 0.15) is 18.9 Å². The van der Waals surface area contributed by atoms with E-state index >= 15 is 0 Å². The summed E-state index contributed by atoms with van der Waals surface area (Å²) in [6, 6.07) is 14.8. The average molecular weight is 279 g/mol. The van der Waals surface area contributed by atoms with Crippen LogP contribution in [0.5, 0.6) is 0 Å². The molecule has 2 aromatic rings. The van der Waals surface area contributed by atoms with Crippen molar-refractivity contribution in [2.24, 2.45) is 0 Å². The molecule has 98 valence electrons. The molecule has 0 atom stereocenters. The monoisotopic (exact) mass is 278 g/mol. The fourth-order valence-corrected chi connectivity index (χ4v) is 2.67. The van der Waals surface area contributed by atoms with Crippen LogP contribution < -0.4 is 0 Å². The molecule has 1 heteroatoms. The summed E-state index contributed by atoms with van der Waals surface area (Å²) >= 11 is 6.01. The Hall–Kier alpha value is -2.01. The molecule has 3 rings (SSSR count). The molecule has 0 unspecified atom stereocenters. The molecular weight excluding hydrogens is 264 g/mol. The zero-order valence-corrected chi connectivity index (χ0v) is 12.1. The molecule has 1 aliphatic rings. The van der Waals surface area contributed by atoms with Gasteiger partial charge in [0, 0.05) is 10.6 Å². The van der Waals surface area contributed by atoms with E-state index in [1.54, 1.807) is 0 Å². The molecule has 0 saturated carbocycles. The van der Waals surface area contributed by atoms with Gasteiger partial charge in [-0.15, -0.1) is 5.73 Å². The van der Waals surface area contributed by atoms with Crippen molar-refractivity contribution in [3.05, 3.63) is 82.1 Å². The molecule has 0 spiro atoms. The van der Waals surface area contributed by atoms with Crippen molar-refractivity contribution in [1.82, 2.24) is 0 Å². The lowest BCUT2D eigenvalue weighted by atomic mass is 9.99. The zero-order chi connectivity index (χ0) is 13.9. The maximum absolute atomic E-state index is 6.01. The van der Waals surface area contributed by atoms with Crippen LogP contribution in [0.4, 0.5) is 0 Å². The summed E-state index contributed by atoms with van der Waals surface area (Å²) in [5.74, 6) is 0. The fraction of sp³-hybridized carbons (Fsp3) is 0.105. The number of fused-ring (bicyclic) bond motifs is 1. The second-order valence-electron chi connectivity index (χ2n) is 4.96. The topological polar surface area (TPSA) is 0 Å². The van der Waals surface area contributed by atoms with Gasteiger partial charge in [0.2, 0.25) is 0 Å². The van der Waals surface area contributed by atoms with E-state index in [9.17, 15) is 0 Å². The van der Waals surface area contributed by atoms with Gasteiger partial charge >= 0.3 is 0 Å². The zero-order valence-electron chi connectivity index (χ0n) is 11.4. The third-order valence-corrected chi connectivity index (χ3v) is 3.82. The van der Waals surface area contributed by atoms with Crippen LogP contribution in [0.15, 0.2) is 76.5 Å². The van der Waals surface area contributed by atoms with Crippen LogP contribution in [-0.4, -0.2) is 0 Å². The molecule has 0 N–H and O–H groups in total. The molecule has 0 amide bonds. The molecular formula is C19H15Cl. The summed E-state index contributed by atoms with van der Waals surface area (Å²) in [4.78, 5) is 0. The van der Waals surface area contributed by atoms with Crippen LogP contribution in [0, 0.1) is 0 Å². The number of allylic oxidation sites excluding steroid dienone is 5. The maximum Gasteiger partial charge on any atom is 0.0372 e. The molecule has 0 bridgehead atoms. The second-order valence-corrected chi connectivity index (χ2v) is 5.39. The summed E-state index contributed by atoms with van der Waals surface area (Å²) in [6.07, 6.45) is 6.93. The summed E-state index contributed by atoms with van der Waals surface area (Å²) in [7, 11) is 0. The number of hydrogen-bond donors (Lipinski definition) is 0. The number of hydrogen-bond acceptors (Lipinski definition) is 0. The third kappa shape index (κ3) is 2.63. The molecule has 0 radical (unpaired) electrons. The molecule has 0 heterocycles. The molecule has 0 aliphatic heterocycles. The van der Waals surface area contributed by atoms with Gasteiger partial charge in [0.1, 0.15) is 0 Å². The quantitative estimate of drug-likeness (QED) is 0.574. The first kappa shape index (κ1) is 13.0. The highest BCUT2D eigenvalue weighted by Crippen LogP contribution is 2.25. The summed E-state index contributed by atoms with van der Waals surface area (Å²) < 4.78 is 0. The third-order valence-electron chi connectivity index (χ3n) is 3.56. The minimum atomic E-state index is 0.818. The van der Waals surface area contributed by atoms with E-state index in [0.29, 0.717) is 0 Å². The van der Waals surface area contributed by atoms with E-state index in [2.05, 4.69) is 61.2 Å². The largest absolute Gasteiger partial charge is 0.116 e. The fourth-order valence-electron chi connectivity index (χ4n) is 2.43. The molecule has 0 aromatic heterocycles. The normalized spacial score (nSPS) is 14.6. The van der Waals surface area contributed by atoms with Crippen molar-refractivity contribution >= 4 is 28.4 Å². The van der Waals surface area contributed by atoms with Crippen LogP contribution in [0.25, 0.3) is 16.8 Å². The van der Waals surface area contributed by atoms with E-state index in [4.69, 9.17) is 11.6 Å². The minimum Gasteiger partial charge on any atom is -0.116 e. The van der Waals surface area contributed by atoms with Crippen molar-refractivity contribution in [1.29, 1.82) is 0 Å². The first-order valence-corrected chi connectivity index (χ1v) is 7.09. The number of benzene rings is 2. The van der Waals surface area contributed by atoms with Crippen molar-refractivity contribution < 1.29 is 0 Å². The van der Waals surface area contributed by atoms with Crippen molar-refractivity contribution in [3.63, 3.8) is 0 Å². The second kappa shape index (κ2) is 5.54. The van der Waals surface area contributed by atoms with Crippen LogP contribution in [0.2, 0.25) is 0 Å². The van der Waals surface area contributed by atoms with Gasteiger partial charge in [-0.25, -0.2) is 0 Å². The highest BCUT2D eigenvalue weighted by atomic mass is 35.5. The van der Waals surface area contributed by atoms with E-state index in [1.807, 2.05) is 12.2 Å². The molecule has 0 nitrogen and oxygen atoms in total. The Morgan fingerprint density at radius 2 is 1.90 bits per heavy atom. The maximum atomic E-state index is 6.01. The lowest BCUT2D eigenvalue weighted by molar-refractivity contribution is 1.18. The SMILES string of the molecule is CC1=CC(Cl)=CCC1=C=Cc1cccc2ccccc12. The Labute approximate surface area is 124 Å². The van der Waals surface area contributed by atoms with E-state index < -0.39 is 0 Å². The number of rotatable bonds is 1. The summed E-state index contributed by atoms with van der Waals surface area (Å²) in [5.41, 5.74) is 7.00. The van der Waals surface area contributed by atoms with Gasteiger partial charge in [0.05, 0.1) is 0 Å². The predicted octanol–water partition coefficient (Wildman–Crippen LogP) is 5.85. The van der Waals surface area contributed by atoms with Gasteiger partial charge < -0.3 is 0 Å². The summed E-state index contributed by atoms with van der Waals surface area (Å²) in [5, 5.41) is 3.33. The lowest BCUT2D eigenvalue weighted by Crippen LogP contribution is -1.89. The van der Waals surface area contributed by atoms with Gasteiger partial charge in [-0.05, 0) is 47.4 Å². The molecule has 2 aromatic carbocycles. The van der Waals surface area contributed by atoms with Crippen molar-refractivity contribution in [3.8, 4) is 0 Å². The Kier molecular flexibility index (Phi) is 3.60. The van der Waals surface area contributed by atoms with Crippen LogP contribution >= 0.6 is 11.6 Å². The van der Waals surface area contributed by atoms with Crippen LogP contribution in [0.3, 0.4) is 0 Å². The van der Waals surface area contributed by atoms with Gasteiger partial charge in [-0.3, -0.25) is 0 Å². The molecule has 20 heavy (non-hydrogen) atoms. The van der Waals surface area contributed by atoms with E-state index in [0.717, 1.165) is 11.5 Å². The summed E-state index contributed by atoms with van der Waals surface area (Å²) in [6.45, 7) is 2.08. The van der Waals surface area contributed by atoms with E-state index in [-0.39, 0.29) is 0 Å². The van der Waals surface area contributed by atoms with Gasteiger partial charge in [-0.1, -0.05) is 60.1 Å². The molecule has 1 aliphatic carbocycles. The first-order chi connectivity index (χ1) is 9.74. The molecule has 0 fully saturated rings. The van der Waals surface area contributed by atoms with Gasteiger partial charge in [0.25, 0.3) is 0 Å². The highest BCUT2D eigenvalue weighted by Gasteiger charge is 2.04. The predicted molar refractivity (Wildman–Crippen MR) is 87.7 cm³/mol. The Morgan fingerprint density at radius 1 is 1.10 bits per heavy atom. The Bertz CT molecular complexity index is 779. The molecule has 0 saturated heterocycles. The smallest absolute Gasteiger partial charge is 0.0372 e. The lowest BCUT2D eigenvalue weighted by Gasteiger charge is -2.08. The van der Waals surface area contributed by atoms with Gasteiger partial charge in [-0.2, -0.15) is 0 Å². The first-order valence-electron chi connectivity index (χ1n) is 6.72. The Balaban J connectivity index is 2.06.